The van der Waals surface area contributed by atoms with Crippen LogP contribution in [0.15, 0.2) is 21.9 Å². The average molecular weight is 250 g/mol. The number of aliphatic hydroxyl groups is 1. The molecular formula is C12H14N2O4. The van der Waals surface area contributed by atoms with Gasteiger partial charge in [0.1, 0.15) is 0 Å². The van der Waals surface area contributed by atoms with Gasteiger partial charge >= 0.3 is 5.69 Å². The van der Waals surface area contributed by atoms with Gasteiger partial charge < -0.3 is 9.84 Å². The minimum Gasteiger partial charge on any atom is -0.373 e. The second-order valence-electron chi connectivity index (χ2n) is 4.07. The molecule has 2 unspecified atom stereocenters. The Morgan fingerprint density at radius 3 is 3.11 bits per heavy atom. The van der Waals surface area contributed by atoms with Crippen molar-refractivity contribution in [3.63, 3.8) is 0 Å². The summed E-state index contributed by atoms with van der Waals surface area (Å²) >= 11 is 0. The molecule has 0 spiro atoms. The maximum Gasteiger partial charge on any atom is 0.330 e. The molecule has 96 valence electrons. The zero-order valence-electron chi connectivity index (χ0n) is 9.97. The standard InChI is InChI=1S/C12H14N2O4/c1-2-3-5-12(17)6-8-18-10(12)14-7-4-9(15)13-11(14)16/h4,7,10,17H,2,6,8H2,1H3,(H,13,15,16). The second kappa shape index (κ2) is 4.80. The summed E-state index contributed by atoms with van der Waals surface area (Å²) in [6.45, 7) is 2.18. The molecule has 0 amide bonds. The average Bonchev–Trinajstić information content (AvgIpc) is 2.69. The Kier molecular flexibility index (Phi) is 3.36. The molecule has 1 saturated heterocycles. The number of nitrogens with one attached hydrogen (secondary N) is 1. The van der Waals surface area contributed by atoms with Gasteiger partial charge in [-0.15, -0.1) is 5.92 Å². The van der Waals surface area contributed by atoms with Crippen LogP contribution in [0.1, 0.15) is 26.0 Å². The summed E-state index contributed by atoms with van der Waals surface area (Å²) in [5.41, 5.74) is -2.50. The van der Waals surface area contributed by atoms with E-state index in [9.17, 15) is 14.7 Å². The first-order valence-electron chi connectivity index (χ1n) is 5.72. The number of H-pyrrole nitrogens is 1. The molecule has 1 aromatic rings. The van der Waals surface area contributed by atoms with Gasteiger partial charge in [-0.05, 0) is 0 Å². The van der Waals surface area contributed by atoms with Gasteiger partial charge in [0.15, 0.2) is 11.8 Å². The molecule has 6 nitrogen and oxygen atoms in total. The molecule has 1 aromatic heterocycles. The highest BCUT2D eigenvalue weighted by Crippen LogP contribution is 2.32. The molecule has 0 aliphatic carbocycles. The van der Waals surface area contributed by atoms with Crippen molar-refractivity contribution in [2.75, 3.05) is 6.61 Å². The quantitative estimate of drug-likeness (QED) is 0.664. The van der Waals surface area contributed by atoms with Crippen molar-refractivity contribution in [1.29, 1.82) is 0 Å². The molecule has 2 rings (SSSR count). The summed E-state index contributed by atoms with van der Waals surface area (Å²) in [6.07, 6.45) is 1.35. The number of ether oxygens (including phenoxy) is 1. The molecule has 2 N–H and O–H groups in total. The smallest absolute Gasteiger partial charge is 0.330 e. The molecule has 1 aliphatic heterocycles. The first-order chi connectivity index (χ1) is 8.57. The summed E-state index contributed by atoms with van der Waals surface area (Å²) in [5, 5.41) is 10.4. The summed E-state index contributed by atoms with van der Waals surface area (Å²) in [5.74, 6) is 5.52. The SMILES string of the molecule is CCC#CC1(O)CCOC1n1ccc(=O)[nH]c1=O. The van der Waals surface area contributed by atoms with E-state index in [0.29, 0.717) is 19.4 Å². The van der Waals surface area contributed by atoms with Crippen molar-refractivity contribution in [2.24, 2.45) is 0 Å². The number of hydrogen-bond donors (Lipinski definition) is 2. The molecule has 0 aromatic carbocycles. The Morgan fingerprint density at radius 1 is 1.67 bits per heavy atom. The van der Waals surface area contributed by atoms with Crippen LogP contribution in [0.25, 0.3) is 0 Å². The van der Waals surface area contributed by atoms with E-state index in [4.69, 9.17) is 4.74 Å². The van der Waals surface area contributed by atoms with Crippen LogP contribution in [-0.2, 0) is 4.74 Å². The minimum atomic E-state index is -1.39. The van der Waals surface area contributed by atoms with Crippen molar-refractivity contribution in [3.8, 4) is 11.8 Å². The lowest BCUT2D eigenvalue weighted by Gasteiger charge is -2.24. The van der Waals surface area contributed by atoms with E-state index in [1.807, 2.05) is 6.92 Å². The molecular weight excluding hydrogens is 236 g/mol. The van der Waals surface area contributed by atoms with E-state index in [1.165, 1.54) is 12.3 Å². The fourth-order valence-electron chi connectivity index (χ4n) is 1.88. The van der Waals surface area contributed by atoms with Crippen LogP contribution in [0.2, 0.25) is 0 Å². The minimum absolute atomic E-state index is 0.311. The van der Waals surface area contributed by atoms with Crippen LogP contribution in [0.5, 0.6) is 0 Å². The van der Waals surface area contributed by atoms with Crippen molar-refractivity contribution in [3.05, 3.63) is 33.1 Å². The summed E-state index contributed by atoms with van der Waals surface area (Å²) in [7, 11) is 0. The predicted molar refractivity (Wildman–Crippen MR) is 63.9 cm³/mol. The van der Waals surface area contributed by atoms with Gasteiger partial charge in [0.05, 0.1) is 6.61 Å². The van der Waals surface area contributed by atoms with E-state index < -0.39 is 23.1 Å². The lowest BCUT2D eigenvalue weighted by atomic mass is 10.0. The molecule has 0 radical (unpaired) electrons. The second-order valence-corrected chi connectivity index (χ2v) is 4.07. The molecule has 2 atom stereocenters. The largest absolute Gasteiger partial charge is 0.373 e. The third kappa shape index (κ3) is 2.23. The highest BCUT2D eigenvalue weighted by Gasteiger charge is 2.43. The van der Waals surface area contributed by atoms with Crippen LogP contribution >= 0.6 is 0 Å². The van der Waals surface area contributed by atoms with Crippen molar-refractivity contribution >= 4 is 0 Å². The van der Waals surface area contributed by atoms with E-state index >= 15 is 0 Å². The van der Waals surface area contributed by atoms with E-state index in [1.54, 1.807) is 0 Å². The summed E-state index contributed by atoms with van der Waals surface area (Å²) in [6, 6.07) is 1.21. The number of aromatic nitrogens is 2. The highest BCUT2D eigenvalue weighted by atomic mass is 16.5. The predicted octanol–water partition coefficient (Wildman–Crippen LogP) is -0.400. The first-order valence-corrected chi connectivity index (χ1v) is 5.72. The third-order valence-electron chi connectivity index (χ3n) is 2.75. The van der Waals surface area contributed by atoms with Crippen LogP contribution in [0, 0.1) is 11.8 Å². The van der Waals surface area contributed by atoms with E-state index in [-0.39, 0.29) is 0 Å². The maximum absolute atomic E-state index is 11.7. The Hall–Kier alpha value is -1.84. The van der Waals surface area contributed by atoms with Gasteiger partial charge in [0.25, 0.3) is 5.56 Å². The normalized spacial score (nSPS) is 26.7. The number of nitrogens with zero attached hydrogens (tertiary/aromatic N) is 1. The lowest BCUT2D eigenvalue weighted by molar-refractivity contribution is -0.0476. The first kappa shape index (κ1) is 12.6. The van der Waals surface area contributed by atoms with Gasteiger partial charge in [-0.25, -0.2) is 4.79 Å². The highest BCUT2D eigenvalue weighted by molar-refractivity contribution is 5.17. The van der Waals surface area contributed by atoms with Gasteiger partial charge in [-0.2, -0.15) is 0 Å². The molecule has 18 heavy (non-hydrogen) atoms. The maximum atomic E-state index is 11.7. The van der Waals surface area contributed by atoms with Crippen molar-refractivity contribution in [1.82, 2.24) is 9.55 Å². The molecule has 2 heterocycles. The fraction of sp³-hybridized carbons (Fsp3) is 0.500. The number of aromatic amines is 1. The molecule has 1 aliphatic rings. The third-order valence-corrected chi connectivity index (χ3v) is 2.75. The van der Waals surface area contributed by atoms with Crippen molar-refractivity contribution < 1.29 is 9.84 Å². The lowest BCUT2D eigenvalue weighted by Crippen LogP contribution is -2.41. The monoisotopic (exact) mass is 250 g/mol. The topological polar surface area (TPSA) is 84.3 Å². The van der Waals surface area contributed by atoms with Gasteiger partial charge in [-0.3, -0.25) is 14.3 Å². The molecule has 0 bridgehead atoms. The zero-order valence-corrected chi connectivity index (χ0v) is 9.97. The van der Waals surface area contributed by atoms with E-state index in [0.717, 1.165) is 4.57 Å². The van der Waals surface area contributed by atoms with Gasteiger partial charge in [0, 0.05) is 25.1 Å². The number of hydrogen-bond acceptors (Lipinski definition) is 4. The number of rotatable bonds is 1. The van der Waals surface area contributed by atoms with E-state index in [2.05, 4.69) is 16.8 Å². The Bertz CT molecular complexity index is 607. The fourth-order valence-corrected chi connectivity index (χ4v) is 1.88. The van der Waals surface area contributed by atoms with Crippen LogP contribution in [-0.4, -0.2) is 26.9 Å². The molecule has 0 saturated carbocycles. The Balaban J connectivity index is 2.43. The van der Waals surface area contributed by atoms with Gasteiger partial charge in [-0.1, -0.05) is 12.8 Å². The molecule has 1 fully saturated rings. The Morgan fingerprint density at radius 2 is 2.44 bits per heavy atom. The van der Waals surface area contributed by atoms with Crippen LogP contribution in [0.4, 0.5) is 0 Å². The Labute approximate surface area is 103 Å². The summed E-state index contributed by atoms with van der Waals surface area (Å²) in [4.78, 5) is 24.8. The van der Waals surface area contributed by atoms with Crippen molar-refractivity contribution in [2.45, 2.75) is 31.6 Å². The summed E-state index contributed by atoms with van der Waals surface area (Å²) < 4.78 is 6.51. The zero-order chi connectivity index (χ0) is 13.2. The van der Waals surface area contributed by atoms with Crippen LogP contribution in [0.3, 0.4) is 0 Å². The molecule has 6 heteroatoms. The van der Waals surface area contributed by atoms with Gasteiger partial charge in [0.2, 0.25) is 0 Å². The van der Waals surface area contributed by atoms with Crippen LogP contribution < -0.4 is 11.2 Å².